The van der Waals surface area contributed by atoms with Crippen molar-refractivity contribution in [3.63, 3.8) is 0 Å². The first kappa shape index (κ1) is 13.4. The molecule has 1 aromatic heterocycles. The highest BCUT2D eigenvalue weighted by molar-refractivity contribution is 8.18. The van der Waals surface area contributed by atoms with Gasteiger partial charge < -0.3 is 4.90 Å². The highest BCUT2D eigenvalue weighted by Crippen LogP contribution is 2.31. The maximum atomic E-state index is 12.0. The number of aromatic nitrogens is 1. The van der Waals surface area contributed by atoms with Crippen LogP contribution in [0.25, 0.3) is 6.08 Å². The zero-order valence-corrected chi connectivity index (χ0v) is 12.3. The molecule has 104 valence electrons. The number of amides is 1. The van der Waals surface area contributed by atoms with E-state index in [2.05, 4.69) is 21.8 Å². The summed E-state index contributed by atoms with van der Waals surface area (Å²) in [5, 5.41) is 0.858. The minimum absolute atomic E-state index is 0.132. The molecule has 0 spiro atoms. The lowest BCUT2D eigenvalue weighted by molar-refractivity contribution is -0.113. The second-order valence-corrected chi connectivity index (χ2v) is 6.28. The average molecular weight is 287 g/mol. The van der Waals surface area contributed by atoms with Crippen molar-refractivity contribution in [2.24, 2.45) is 10.9 Å². The Kier molecular flexibility index (Phi) is 3.87. The number of carbonyl (C=O) groups is 1. The molecule has 1 saturated heterocycles. The summed E-state index contributed by atoms with van der Waals surface area (Å²) in [6.45, 7) is 4.28. The minimum atomic E-state index is -0.132. The van der Waals surface area contributed by atoms with Crippen LogP contribution in [0.1, 0.15) is 25.3 Å². The van der Waals surface area contributed by atoms with E-state index in [1.54, 1.807) is 12.4 Å². The lowest BCUT2D eigenvalue weighted by atomic mass is 10.00. The molecule has 4 nitrogen and oxygen atoms in total. The summed E-state index contributed by atoms with van der Waals surface area (Å²) >= 11 is 1.48. The third-order valence-corrected chi connectivity index (χ3v) is 4.69. The van der Waals surface area contributed by atoms with Crippen LogP contribution in [0.5, 0.6) is 0 Å². The first-order valence-electron chi connectivity index (χ1n) is 6.90. The first-order valence-corrected chi connectivity index (χ1v) is 7.71. The van der Waals surface area contributed by atoms with E-state index in [-0.39, 0.29) is 5.91 Å². The molecule has 3 heterocycles. The van der Waals surface area contributed by atoms with Gasteiger partial charge in [-0.05, 0) is 48.2 Å². The van der Waals surface area contributed by atoms with Crippen LogP contribution < -0.4 is 0 Å². The van der Waals surface area contributed by atoms with Crippen molar-refractivity contribution >= 4 is 28.9 Å². The van der Waals surface area contributed by atoms with Crippen LogP contribution in [0.2, 0.25) is 0 Å². The van der Waals surface area contributed by atoms with E-state index in [4.69, 9.17) is 0 Å². The largest absolute Gasteiger partial charge is 0.351 e. The molecule has 2 aliphatic heterocycles. The molecular formula is C15H17N3OS. The SMILES string of the molecule is CC1CCN(C2=NC(=O)/C(=C\c3cccnc3)S2)CC1. The molecule has 3 rings (SSSR count). The van der Waals surface area contributed by atoms with Crippen molar-refractivity contribution < 1.29 is 4.79 Å². The quantitative estimate of drug-likeness (QED) is 0.745. The van der Waals surface area contributed by atoms with E-state index in [1.165, 1.54) is 24.6 Å². The van der Waals surface area contributed by atoms with Crippen molar-refractivity contribution in [1.29, 1.82) is 0 Å². The Morgan fingerprint density at radius 2 is 2.20 bits per heavy atom. The van der Waals surface area contributed by atoms with Gasteiger partial charge in [0.05, 0.1) is 4.91 Å². The van der Waals surface area contributed by atoms with E-state index in [9.17, 15) is 4.79 Å². The number of carbonyl (C=O) groups excluding carboxylic acids is 1. The number of piperidine rings is 1. The average Bonchev–Trinajstić information content (AvgIpc) is 2.82. The predicted octanol–water partition coefficient (Wildman–Crippen LogP) is 2.78. The fraction of sp³-hybridized carbons (Fsp3) is 0.400. The summed E-state index contributed by atoms with van der Waals surface area (Å²) in [6.07, 6.45) is 7.69. The van der Waals surface area contributed by atoms with Crippen LogP contribution >= 0.6 is 11.8 Å². The Balaban J connectivity index is 1.71. The molecule has 0 atom stereocenters. The number of pyridine rings is 1. The molecule has 2 aliphatic rings. The molecule has 1 amide bonds. The Hall–Kier alpha value is -1.62. The molecule has 0 unspecified atom stereocenters. The highest BCUT2D eigenvalue weighted by atomic mass is 32.2. The van der Waals surface area contributed by atoms with Crippen LogP contribution in [0.4, 0.5) is 0 Å². The highest BCUT2D eigenvalue weighted by Gasteiger charge is 2.28. The summed E-state index contributed by atoms with van der Waals surface area (Å²) < 4.78 is 0. The van der Waals surface area contributed by atoms with Crippen molar-refractivity contribution in [2.45, 2.75) is 19.8 Å². The molecule has 0 bridgehead atoms. The maximum absolute atomic E-state index is 12.0. The zero-order valence-electron chi connectivity index (χ0n) is 11.5. The summed E-state index contributed by atoms with van der Waals surface area (Å²) in [6, 6.07) is 3.80. The molecule has 1 aromatic rings. The standard InChI is InChI=1S/C15H17N3OS/c1-11-4-7-18(8-5-11)15-17-14(19)13(20-15)9-12-3-2-6-16-10-12/h2-3,6,9-11H,4-5,7-8H2,1H3/b13-9+. The number of hydrogen-bond donors (Lipinski definition) is 0. The molecule has 0 radical (unpaired) electrons. The lowest BCUT2D eigenvalue weighted by Crippen LogP contribution is -2.35. The van der Waals surface area contributed by atoms with E-state index in [1.807, 2.05) is 18.2 Å². The van der Waals surface area contributed by atoms with E-state index in [0.29, 0.717) is 4.91 Å². The molecule has 0 N–H and O–H groups in total. The summed E-state index contributed by atoms with van der Waals surface area (Å²) in [5.41, 5.74) is 0.937. The van der Waals surface area contributed by atoms with Gasteiger partial charge in [-0.25, -0.2) is 0 Å². The topological polar surface area (TPSA) is 45.6 Å². The van der Waals surface area contributed by atoms with Gasteiger partial charge in [0.1, 0.15) is 0 Å². The fourth-order valence-electron chi connectivity index (χ4n) is 2.35. The second kappa shape index (κ2) is 5.79. The number of nitrogens with zero attached hydrogens (tertiary/aromatic N) is 3. The molecule has 5 heteroatoms. The van der Waals surface area contributed by atoms with Gasteiger partial charge in [0, 0.05) is 25.5 Å². The van der Waals surface area contributed by atoms with Gasteiger partial charge in [-0.3, -0.25) is 9.78 Å². The third kappa shape index (κ3) is 2.93. The van der Waals surface area contributed by atoms with E-state index >= 15 is 0 Å². The third-order valence-electron chi connectivity index (χ3n) is 3.65. The van der Waals surface area contributed by atoms with Crippen molar-refractivity contribution in [3.05, 3.63) is 35.0 Å². The zero-order chi connectivity index (χ0) is 13.9. The molecule has 0 aliphatic carbocycles. The normalized spacial score (nSPS) is 22.4. The number of hydrogen-bond acceptors (Lipinski definition) is 4. The monoisotopic (exact) mass is 287 g/mol. The van der Waals surface area contributed by atoms with Gasteiger partial charge in [-0.15, -0.1) is 0 Å². The second-order valence-electron chi connectivity index (χ2n) is 5.27. The van der Waals surface area contributed by atoms with Gasteiger partial charge in [-0.1, -0.05) is 13.0 Å². The number of thioether (sulfide) groups is 1. The van der Waals surface area contributed by atoms with Crippen molar-refractivity contribution in [1.82, 2.24) is 9.88 Å². The smallest absolute Gasteiger partial charge is 0.286 e. The van der Waals surface area contributed by atoms with E-state index < -0.39 is 0 Å². The lowest BCUT2D eigenvalue weighted by Gasteiger charge is -2.30. The van der Waals surface area contributed by atoms with Crippen LogP contribution in [-0.4, -0.2) is 34.0 Å². The molecular weight excluding hydrogens is 270 g/mol. The van der Waals surface area contributed by atoms with Crippen LogP contribution in [-0.2, 0) is 4.79 Å². The Morgan fingerprint density at radius 1 is 1.40 bits per heavy atom. The summed E-state index contributed by atoms with van der Waals surface area (Å²) in [4.78, 5) is 23.1. The summed E-state index contributed by atoms with van der Waals surface area (Å²) in [5.74, 6) is 0.645. The number of aliphatic imine (C=N–C) groups is 1. The van der Waals surface area contributed by atoms with Crippen LogP contribution in [0.15, 0.2) is 34.4 Å². The predicted molar refractivity (Wildman–Crippen MR) is 82.2 cm³/mol. The Labute approximate surface area is 123 Å². The van der Waals surface area contributed by atoms with Crippen molar-refractivity contribution in [2.75, 3.05) is 13.1 Å². The molecule has 20 heavy (non-hydrogen) atoms. The maximum Gasteiger partial charge on any atom is 0.286 e. The van der Waals surface area contributed by atoms with Gasteiger partial charge in [0.2, 0.25) is 0 Å². The number of rotatable bonds is 1. The minimum Gasteiger partial charge on any atom is -0.351 e. The Bertz CT molecular complexity index is 560. The molecule has 0 aromatic carbocycles. The number of amidine groups is 1. The van der Waals surface area contributed by atoms with Crippen LogP contribution in [0.3, 0.4) is 0 Å². The number of likely N-dealkylation sites (tertiary alicyclic amines) is 1. The molecule has 1 fully saturated rings. The van der Waals surface area contributed by atoms with Gasteiger partial charge in [-0.2, -0.15) is 4.99 Å². The summed E-state index contributed by atoms with van der Waals surface area (Å²) in [7, 11) is 0. The fourth-order valence-corrected chi connectivity index (χ4v) is 3.31. The van der Waals surface area contributed by atoms with Gasteiger partial charge >= 0.3 is 0 Å². The van der Waals surface area contributed by atoms with Crippen LogP contribution in [0, 0.1) is 5.92 Å². The first-order chi connectivity index (χ1) is 9.72. The Morgan fingerprint density at radius 3 is 2.90 bits per heavy atom. The van der Waals surface area contributed by atoms with Gasteiger partial charge in [0.25, 0.3) is 5.91 Å². The van der Waals surface area contributed by atoms with E-state index in [0.717, 1.165) is 29.7 Å². The van der Waals surface area contributed by atoms with Crippen molar-refractivity contribution in [3.8, 4) is 0 Å². The molecule has 0 saturated carbocycles. The van der Waals surface area contributed by atoms with Gasteiger partial charge in [0.15, 0.2) is 5.17 Å².